The first-order chi connectivity index (χ1) is 11.3. The van der Waals surface area contributed by atoms with Crippen molar-refractivity contribution in [3.63, 3.8) is 0 Å². The molecule has 0 aliphatic rings. The third kappa shape index (κ3) is 4.54. The number of hydrogen-bond donors (Lipinski definition) is 4. The van der Waals surface area contributed by atoms with Crippen LogP contribution in [0.4, 0.5) is 25.1 Å². The van der Waals surface area contributed by atoms with E-state index in [2.05, 4.69) is 35.7 Å². The van der Waals surface area contributed by atoms with E-state index in [4.69, 9.17) is 0 Å². The van der Waals surface area contributed by atoms with Crippen LogP contribution < -0.4 is 10.6 Å². The summed E-state index contributed by atoms with van der Waals surface area (Å²) in [5.41, 5.74) is -1.31. The fraction of sp³-hybridized carbons (Fsp3) is 0.417. The number of aromatic amines is 2. The number of nitrogens with zero attached hydrogens (tertiary/aromatic N) is 4. The predicted octanol–water partition coefficient (Wildman–Crippen LogP) is 1.54. The van der Waals surface area contributed by atoms with Crippen LogP contribution in [0.15, 0.2) is 11.8 Å². The first-order valence-corrected chi connectivity index (χ1v) is 7.01. The van der Waals surface area contributed by atoms with Crippen molar-refractivity contribution >= 4 is 17.8 Å². The van der Waals surface area contributed by atoms with E-state index in [1.807, 2.05) is 5.32 Å². The van der Waals surface area contributed by atoms with Crippen LogP contribution in [-0.2, 0) is 17.6 Å². The minimum absolute atomic E-state index is 0.110. The van der Waals surface area contributed by atoms with Crippen molar-refractivity contribution in [1.29, 1.82) is 0 Å². The van der Waals surface area contributed by atoms with Crippen molar-refractivity contribution in [1.82, 2.24) is 30.4 Å². The Balaban J connectivity index is 2.13. The van der Waals surface area contributed by atoms with Gasteiger partial charge in [0.2, 0.25) is 11.9 Å². The van der Waals surface area contributed by atoms with Crippen molar-refractivity contribution in [2.45, 2.75) is 32.9 Å². The number of alkyl halides is 3. The standard InChI is InChI=1S/C12H15F3N8O/c1-3-7-17-10(22-20-7)16-6(12(13,14)15)5-9(24)19-11-18-8(4-2)21-23-11/h5H,3-4H2,1-2H3,(H2,16,17,20,22)(H2,18,19,21,23,24). The molecule has 0 unspecified atom stereocenters. The predicted molar refractivity (Wildman–Crippen MR) is 77.9 cm³/mol. The van der Waals surface area contributed by atoms with E-state index < -0.39 is 17.8 Å². The van der Waals surface area contributed by atoms with Crippen LogP contribution in [0.5, 0.6) is 0 Å². The molecular weight excluding hydrogens is 329 g/mol. The van der Waals surface area contributed by atoms with Crippen LogP contribution in [0, 0.1) is 0 Å². The second-order valence-electron chi connectivity index (χ2n) is 4.59. The van der Waals surface area contributed by atoms with E-state index in [0.717, 1.165) is 0 Å². The molecule has 0 aliphatic heterocycles. The number of carbonyl (C=O) groups excluding carboxylic acids is 1. The minimum atomic E-state index is -4.79. The van der Waals surface area contributed by atoms with Gasteiger partial charge in [0.05, 0.1) is 0 Å². The van der Waals surface area contributed by atoms with Gasteiger partial charge in [0.15, 0.2) is 0 Å². The summed E-state index contributed by atoms with van der Waals surface area (Å²) in [4.78, 5) is 19.4. The van der Waals surface area contributed by atoms with Crippen LogP contribution >= 0.6 is 0 Å². The monoisotopic (exact) mass is 344 g/mol. The maximum Gasteiger partial charge on any atom is 0.431 e. The Kier molecular flexibility index (Phi) is 5.16. The van der Waals surface area contributed by atoms with Crippen molar-refractivity contribution in [3.05, 3.63) is 23.4 Å². The zero-order valence-corrected chi connectivity index (χ0v) is 12.8. The summed E-state index contributed by atoms with van der Waals surface area (Å²) in [6.07, 6.45) is -3.43. The quantitative estimate of drug-likeness (QED) is 0.589. The third-order valence-corrected chi connectivity index (χ3v) is 2.80. The molecular formula is C12H15F3N8O. The number of aromatic nitrogens is 6. The van der Waals surface area contributed by atoms with E-state index in [1.165, 1.54) is 0 Å². The molecule has 0 saturated heterocycles. The van der Waals surface area contributed by atoms with E-state index in [0.29, 0.717) is 30.6 Å². The lowest BCUT2D eigenvalue weighted by molar-refractivity contribution is -0.113. The molecule has 0 radical (unpaired) electrons. The van der Waals surface area contributed by atoms with Crippen molar-refractivity contribution in [3.8, 4) is 0 Å². The highest BCUT2D eigenvalue weighted by Crippen LogP contribution is 2.26. The molecule has 0 fully saturated rings. The highest BCUT2D eigenvalue weighted by Gasteiger charge is 2.35. The average Bonchev–Trinajstić information content (AvgIpc) is 3.14. The van der Waals surface area contributed by atoms with Crippen molar-refractivity contribution < 1.29 is 18.0 Å². The van der Waals surface area contributed by atoms with E-state index in [-0.39, 0.29) is 11.9 Å². The highest BCUT2D eigenvalue weighted by molar-refractivity contribution is 5.98. The Bertz CT molecular complexity index is 733. The molecule has 0 spiro atoms. The van der Waals surface area contributed by atoms with Gasteiger partial charge in [-0.15, -0.1) is 10.2 Å². The lowest BCUT2D eigenvalue weighted by Crippen LogP contribution is -2.23. The van der Waals surface area contributed by atoms with Gasteiger partial charge >= 0.3 is 6.18 Å². The second kappa shape index (κ2) is 7.10. The van der Waals surface area contributed by atoms with Gasteiger partial charge in [0, 0.05) is 18.9 Å². The number of hydrogen-bond acceptors (Lipinski definition) is 6. The molecule has 0 aliphatic carbocycles. The largest absolute Gasteiger partial charge is 0.431 e. The fourth-order valence-electron chi connectivity index (χ4n) is 1.61. The van der Waals surface area contributed by atoms with E-state index in [9.17, 15) is 18.0 Å². The normalized spacial score (nSPS) is 12.3. The molecule has 130 valence electrons. The van der Waals surface area contributed by atoms with Gasteiger partial charge in [-0.3, -0.25) is 20.3 Å². The molecule has 12 heteroatoms. The van der Waals surface area contributed by atoms with Crippen molar-refractivity contribution in [2.75, 3.05) is 10.6 Å². The Morgan fingerprint density at radius 2 is 1.54 bits per heavy atom. The molecule has 2 rings (SSSR count). The number of amides is 1. The molecule has 24 heavy (non-hydrogen) atoms. The maximum atomic E-state index is 13.0. The van der Waals surface area contributed by atoms with E-state index >= 15 is 0 Å². The SMILES string of the molecule is CCc1nc(NC(=O)C=C(Nc2n[nH]c(CC)n2)C(F)(F)F)n[nH]1. The van der Waals surface area contributed by atoms with Gasteiger partial charge in [0.1, 0.15) is 17.3 Å². The van der Waals surface area contributed by atoms with Gasteiger partial charge in [0.25, 0.3) is 5.91 Å². The van der Waals surface area contributed by atoms with Crippen LogP contribution in [-0.4, -0.2) is 42.4 Å². The van der Waals surface area contributed by atoms with Crippen molar-refractivity contribution in [2.24, 2.45) is 0 Å². The number of anilines is 2. The van der Waals surface area contributed by atoms with Gasteiger partial charge in [-0.2, -0.15) is 23.1 Å². The molecule has 1 amide bonds. The maximum absolute atomic E-state index is 13.0. The Labute approximate surface area is 134 Å². The molecule has 0 saturated carbocycles. The third-order valence-electron chi connectivity index (χ3n) is 2.80. The zero-order chi connectivity index (χ0) is 17.7. The van der Waals surface area contributed by atoms with Crippen LogP contribution in [0.1, 0.15) is 25.5 Å². The number of carbonyl (C=O) groups is 1. The van der Waals surface area contributed by atoms with Gasteiger partial charge in [-0.25, -0.2) is 0 Å². The smallest absolute Gasteiger partial charge is 0.319 e. The topological polar surface area (TPSA) is 124 Å². The molecule has 0 atom stereocenters. The number of nitrogens with one attached hydrogen (secondary N) is 4. The van der Waals surface area contributed by atoms with Gasteiger partial charge < -0.3 is 5.32 Å². The van der Waals surface area contributed by atoms with E-state index in [1.54, 1.807) is 13.8 Å². The summed E-state index contributed by atoms with van der Waals surface area (Å²) in [5, 5.41) is 16.4. The molecule has 0 aromatic carbocycles. The Morgan fingerprint density at radius 1 is 1.04 bits per heavy atom. The lowest BCUT2D eigenvalue weighted by Gasteiger charge is -2.11. The number of rotatable bonds is 6. The lowest BCUT2D eigenvalue weighted by atomic mass is 10.3. The summed E-state index contributed by atoms with van der Waals surface area (Å²) in [7, 11) is 0. The Morgan fingerprint density at radius 3 is 1.96 bits per heavy atom. The summed E-state index contributed by atoms with van der Waals surface area (Å²) in [5.74, 6) is -0.523. The first-order valence-electron chi connectivity index (χ1n) is 7.01. The summed E-state index contributed by atoms with van der Waals surface area (Å²) in [6.45, 7) is 3.57. The van der Waals surface area contributed by atoms with Crippen LogP contribution in [0.2, 0.25) is 0 Å². The number of H-pyrrole nitrogens is 2. The molecule has 9 nitrogen and oxygen atoms in total. The average molecular weight is 344 g/mol. The van der Waals surface area contributed by atoms with Crippen LogP contribution in [0.3, 0.4) is 0 Å². The second-order valence-corrected chi connectivity index (χ2v) is 4.59. The molecule has 2 aromatic rings. The number of halogens is 3. The van der Waals surface area contributed by atoms with Gasteiger partial charge in [-0.05, 0) is 0 Å². The minimum Gasteiger partial charge on any atom is -0.319 e. The molecule has 4 N–H and O–H groups in total. The number of allylic oxidation sites excluding steroid dienone is 1. The summed E-state index contributed by atoms with van der Waals surface area (Å²) in [6, 6.07) is 0. The zero-order valence-electron chi connectivity index (χ0n) is 12.8. The first kappa shape index (κ1) is 17.4. The number of aryl methyl sites for hydroxylation is 2. The fourth-order valence-corrected chi connectivity index (χ4v) is 1.61. The Hall–Kier alpha value is -2.92. The van der Waals surface area contributed by atoms with Gasteiger partial charge in [-0.1, -0.05) is 13.8 Å². The summed E-state index contributed by atoms with van der Waals surface area (Å²) < 4.78 is 39.1. The molecule has 2 aromatic heterocycles. The molecule has 2 heterocycles. The van der Waals surface area contributed by atoms with Crippen LogP contribution in [0.25, 0.3) is 0 Å². The molecule has 0 bridgehead atoms. The highest BCUT2D eigenvalue weighted by atomic mass is 19.4. The summed E-state index contributed by atoms with van der Waals surface area (Å²) >= 11 is 0.